The first-order valence-electron chi connectivity index (χ1n) is 8.07. The maximum Gasteiger partial charge on any atom is 0.00384 e. The van der Waals surface area contributed by atoms with Crippen LogP contribution in [0.2, 0.25) is 0 Å². The summed E-state index contributed by atoms with van der Waals surface area (Å²) in [4.78, 5) is 0. The summed E-state index contributed by atoms with van der Waals surface area (Å²) < 4.78 is 0. The zero-order chi connectivity index (χ0) is 13.5. The minimum absolute atomic E-state index is 0.604. The molecule has 2 saturated carbocycles. The number of hydrogen-bond acceptors (Lipinski definition) is 1. The molecule has 0 heterocycles. The van der Waals surface area contributed by atoms with Crippen LogP contribution in [0.5, 0.6) is 0 Å². The molecule has 0 amide bonds. The lowest BCUT2D eigenvalue weighted by molar-refractivity contribution is -0.110. The van der Waals surface area contributed by atoms with Gasteiger partial charge in [-0.2, -0.15) is 0 Å². The van der Waals surface area contributed by atoms with Crippen LogP contribution in [0.15, 0.2) is 0 Å². The predicted octanol–water partition coefficient (Wildman–Crippen LogP) is 4.33. The lowest BCUT2D eigenvalue weighted by Gasteiger charge is -2.60. The third kappa shape index (κ3) is 2.48. The van der Waals surface area contributed by atoms with Gasteiger partial charge < -0.3 is 5.32 Å². The SMILES string of the molecule is CNC(C)CC(C)C1(C)CC(C2CC2)C1C(C)C. The highest BCUT2D eigenvalue weighted by Gasteiger charge is 2.57. The summed E-state index contributed by atoms with van der Waals surface area (Å²) in [6, 6.07) is 0.657. The topological polar surface area (TPSA) is 12.0 Å². The van der Waals surface area contributed by atoms with Crippen LogP contribution in [0.25, 0.3) is 0 Å². The van der Waals surface area contributed by atoms with E-state index in [1.807, 2.05) is 0 Å². The maximum absolute atomic E-state index is 3.41. The van der Waals surface area contributed by atoms with Gasteiger partial charge in [0.05, 0.1) is 0 Å². The van der Waals surface area contributed by atoms with Crippen LogP contribution < -0.4 is 5.32 Å². The summed E-state index contributed by atoms with van der Waals surface area (Å²) in [6.07, 6.45) is 5.86. The first-order valence-corrected chi connectivity index (χ1v) is 8.07. The van der Waals surface area contributed by atoms with E-state index >= 15 is 0 Å². The van der Waals surface area contributed by atoms with E-state index in [9.17, 15) is 0 Å². The van der Waals surface area contributed by atoms with E-state index in [-0.39, 0.29) is 0 Å². The van der Waals surface area contributed by atoms with E-state index in [1.54, 1.807) is 0 Å². The average molecular weight is 251 g/mol. The molecule has 0 aliphatic heterocycles. The fourth-order valence-corrected chi connectivity index (χ4v) is 4.79. The Labute approximate surface area is 114 Å². The Morgan fingerprint density at radius 2 is 1.78 bits per heavy atom. The molecule has 2 aliphatic rings. The Bertz CT molecular complexity index is 281. The van der Waals surface area contributed by atoms with Gasteiger partial charge in [0.15, 0.2) is 0 Å². The molecule has 5 unspecified atom stereocenters. The zero-order valence-electron chi connectivity index (χ0n) is 13.3. The molecule has 0 aromatic heterocycles. The van der Waals surface area contributed by atoms with Crippen molar-refractivity contribution in [2.24, 2.45) is 35.0 Å². The highest BCUT2D eigenvalue weighted by molar-refractivity contribution is 5.06. The first-order chi connectivity index (χ1) is 8.40. The van der Waals surface area contributed by atoms with Crippen LogP contribution in [-0.4, -0.2) is 13.1 Å². The van der Waals surface area contributed by atoms with Crippen molar-refractivity contribution in [3.8, 4) is 0 Å². The molecule has 106 valence electrons. The van der Waals surface area contributed by atoms with Crippen LogP contribution in [-0.2, 0) is 0 Å². The minimum Gasteiger partial charge on any atom is -0.317 e. The minimum atomic E-state index is 0.604. The molecule has 1 nitrogen and oxygen atoms in total. The summed E-state index contributed by atoms with van der Waals surface area (Å²) in [5.74, 6) is 4.84. The molecule has 0 saturated heterocycles. The molecule has 0 radical (unpaired) electrons. The predicted molar refractivity (Wildman–Crippen MR) is 79.6 cm³/mol. The summed E-state index contributed by atoms with van der Waals surface area (Å²) in [5.41, 5.74) is 0.604. The second-order valence-electron chi connectivity index (χ2n) is 7.81. The summed E-state index contributed by atoms with van der Waals surface area (Å²) >= 11 is 0. The molecule has 0 bridgehead atoms. The molecular weight excluding hydrogens is 218 g/mol. The standard InChI is InChI=1S/C17H33N/c1-11(2)16-15(14-7-8-14)10-17(16,5)12(3)9-13(4)18-6/h11-16,18H,7-10H2,1-6H3. The molecule has 2 fully saturated rings. The molecule has 0 aromatic rings. The van der Waals surface area contributed by atoms with Crippen molar-refractivity contribution in [3.05, 3.63) is 0 Å². The van der Waals surface area contributed by atoms with Gasteiger partial charge >= 0.3 is 0 Å². The smallest absolute Gasteiger partial charge is 0.00384 e. The molecule has 18 heavy (non-hydrogen) atoms. The fourth-order valence-electron chi connectivity index (χ4n) is 4.79. The van der Waals surface area contributed by atoms with E-state index in [0.717, 1.165) is 29.6 Å². The fraction of sp³-hybridized carbons (Fsp3) is 1.00. The van der Waals surface area contributed by atoms with E-state index < -0.39 is 0 Å². The lowest BCUT2D eigenvalue weighted by atomic mass is 9.45. The van der Waals surface area contributed by atoms with Gasteiger partial charge in [0.2, 0.25) is 0 Å². The highest BCUT2D eigenvalue weighted by atomic mass is 14.9. The van der Waals surface area contributed by atoms with Gasteiger partial charge in [-0.25, -0.2) is 0 Å². The highest BCUT2D eigenvalue weighted by Crippen LogP contribution is 2.65. The Kier molecular flexibility index (Phi) is 4.11. The summed E-state index contributed by atoms with van der Waals surface area (Å²) in [7, 11) is 2.09. The van der Waals surface area contributed by atoms with E-state index in [4.69, 9.17) is 0 Å². The molecule has 2 rings (SSSR count). The molecular formula is C17H33N. The van der Waals surface area contributed by atoms with E-state index in [1.165, 1.54) is 25.7 Å². The number of nitrogens with one attached hydrogen (secondary N) is 1. The zero-order valence-corrected chi connectivity index (χ0v) is 13.3. The van der Waals surface area contributed by atoms with Crippen molar-refractivity contribution in [3.63, 3.8) is 0 Å². The first kappa shape index (κ1) is 14.4. The van der Waals surface area contributed by atoms with Crippen LogP contribution >= 0.6 is 0 Å². The van der Waals surface area contributed by atoms with Gasteiger partial charge in [-0.1, -0.05) is 27.7 Å². The summed E-state index contributed by atoms with van der Waals surface area (Å²) in [6.45, 7) is 12.3. The Hall–Kier alpha value is -0.0400. The Balaban J connectivity index is 2.01. The average Bonchev–Trinajstić information content (AvgIpc) is 3.07. The van der Waals surface area contributed by atoms with Crippen molar-refractivity contribution in [2.45, 2.75) is 66.3 Å². The number of hydrogen-bond donors (Lipinski definition) is 1. The molecule has 1 N–H and O–H groups in total. The van der Waals surface area contributed by atoms with Gasteiger partial charge in [0, 0.05) is 6.04 Å². The van der Waals surface area contributed by atoms with Gasteiger partial charge in [0.25, 0.3) is 0 Å². The van der Waals surface area contributed by atoms with Gasteiger partial charge in [0.1, 0.15) is 0 Å². The molecule has 2 aliphatic carbocycles. The van der Waals surface area contributed by atoms with E-state index in [2.05, 4.69) is 47.0 Å². The Morgan fingerprint density at radius 3 is 2.22 bits per heavy atom. The number of rotatable bonds is 6. The van der Waals surface area contributed by atoms with E-state index in [0.29, 0.717) is 11.5 Å². The second kappa shape index (κ2) is 5.15. The van der Waals surface area contributed by atoms with Crippen LogP contribution in [0.1, 0.15) is 60.3 Å². The van der Waals surface area contributed by atoms with Crippen LogP contribution in [0, 0.1) is 35.0 Å². The maximum atomic E-state index is 3.41. The van der Waals surface area contributed by atoms with Crippen molar-refractivity contribution in [1.29, 1.82) is 0 Å². The summed E-state index contributed by atoms with van der Waals surface area (Å²) in [5, 5.41) is 3.41. The third-order valence-corrected chi connectivity index (χ3v) is 6.17. The van der Waals surface area contributed by atoms with Crippen molar-refractivity contribution in [2.75, 3.05) is 7.05 Å². The molecule has 0 aromatic carbocycles. The Morgan fingerprint density at radius 1 is 1.17 bits per heavy atom. The quantitative estimate of drug-likeness (QED) is 0.741. The van der Waals surface area contributed by atoms with Crippen molar-refractivity contribution < 1.29 is 0 Å². The molecule has 5 atom stereocenters. The van der Waals surface area contributed by atoms with Crippen LogP contribution in [0.3, 0.4) is 0 Å². The largest absolute Gasteiger partial charge is 0.317 e. The normalized spacial score (nSPS) is 39.5. The third-order valence-electron chi connectivity index (χ3n) is 6.17. The van der Waals surface area contributed by atoms with Crippen molar-refractivity contribution in [1.82, 2.24) is 5.32 Å². The van der Waals surface area contributed by atoms with Gasteiger partial charge in [-0.15, -0.1) is 0 Å². The monoisotopic (exact) mass is 251 g/mol. The molecule has 1 heteroatoms. The molecule has 0 spiro atoms. The van der Waals surface area contributed by atoms with Gasteiger partial charge in [-0.3, -0.25) is 0 Å². The lowest BCUT2D eigenvalue weighted by Crippen LogP contribution is -2.53. The second-order valence-corrected chi connectivity index (χ2v) is 7.81. The van der Waals surface area contributed by atoms with Crippen molar-refractivity contribution >= 4 is 0 Å². The van der Waals surface area contributed by atoms with Crippen LogP contribution in [0.4, 0.5) is 0 Å². The van der Waals surface area contributed by atoms with Gasteiger partial charge in [-0.05, 0) is 74.7 Å².